The zero-order chi connectivity index (χ0) is 12.5. The second-order valence-corrected chi connectivity index (χ2v) is 4.62. The number of esters is 1. The van der Waals surface area contributed by atoms with Gasteiger partial charge in [-0.3, -0.25) is 0 Å². The number of unbranched alkanes of at least 4 members (excludes halogenated alkanes) is 4. The van der Waals surface area contributed by atoms with Crippen molar-refractivity contribution in [3.8, 4) is 0 Å². The van der Waals surface area contributed by atoms with Gasteiger partial charge in [0.25, 0.3) is 0 Å². The maximum absolute atomic E-state index is 11.6. The van der Waals surface area contributed by atoms with Crippen LogP contribution in [0.4, 0.5) is 0 Å². The number of carbonyl (C=O) groups excluding carboxylic acids is 1. The van der Waals surface area contributed by atoms with Gasteiger partial charge in [0.1, 0.15) is 0 Å². The molecule has 0 aliphatic heterocycles. The van der Waals surface area contributed by atoms with E-state index < -0.39 is 0 Å². The number of hydrogen-bond donors (Lipinski definition) is 1. The van der Waals surface area contributed by atoms with E-state index in [1.54, 1.807) is 18.2 Å². The second kappa shape index (κ2) is 8.18. The normalized spacial score (nSPS) is 10.2. The first-order chi connectivity index (χ1) is 8.24. The molecule has 0 saturated carbocycles. The van der Waals surface area contributed by atoms with Gasteiger partial charge in [-0.1, -0.05) is 38.7 Å². The maximum atomic E-state index is 11.6. The van der Waals surface area contributed by atoms with Crippen molar-refractivity contribution in [2.24, 2.45) is 0 Å². The third-order valence-electron chi connectivity index (χ3n) is 2.56. The molecule has 0 unspecified atom stereocenters. The molecule has 1 aromatic rings. The van der Waals surface area contributed by atoms with E-state index in [9.17, 15) is 4.79 Å². The third kappa shape index (κ3) is 5.78. The lowest BCUT2D eigenvalue weighted by atomic mass is 10.2. The fourth-order valence-corrected chi connectivity index (χ4v) is 1.81. The molecule has 0 aliphatic carbocycles. The Morgan fingerprint density at radius 1 is 1.24 bits per heavy atom. The molecule has 17 heavy (non-hydrogen) atoms. The standard InChI is InChI=1S/C14H20O2S/c1-2-3-4-5-6-10-16-14(15)12-8-7-9-13(17)11-12/h7-9,11,17H,2-6,10H2,1H3. The van der Waals surface area contributed by atoms with Gasteiger partial charge in [-0.05, 0) is 24.6 Å². The Balaban J connectivity index is 2.21. The molecule has 94 valence electrons. The predicted molar refractivity (Wildman–Crippen MR) is 72.7 cm³/mol. The van der Waals surface area contributed by atoms with Crippen LogP contribution in [0.1, 0.15) is 49.4 Å². The Morgan fingerprint density at radius 3 is 2.71 bits per heavy atom. The van der Waals surface area contributed by atoms with E-state index in [2.05, 4.69) is 19.6 Å². The zero-order valence-electron chi connectivity index (χ0n) is 10.3. The summed E-state index contributed by atoms with van der Waals surface area (Å²) in [7, 11) is 0. The highest BCUT2D eigenvalue weighted by molar-refractivity contribution is 7.80. The van der Waals surface area contributed by atoms with Crippen molar-refractivity contribution in [1.29, 1.82) is 0 Å². The number of rotatable bonds is 7. The Kier molecular flexibility index (Phi) is 6.78. The van der Waals surface area contributed by atoms with Crippen LogP contribution in [-0.2, 0) is 4.74 Å². The van der Waals surface area contributed by atoms with Crippen LogP contribution in [0.5, 0.6) is 0 Å². The van der Waals surface area contributed by atoms with Crippen molar-refractivity contribution in [2.75, 3.05) is 6.61 Å². The maximum Gasteiger partial charge on any atom is 0.338 e. The highest BCUT2D eigenvalue weighted by atomic mass is 32.1. The first-order valence-electron chi connectivity index (χ1n) is 6.20. The van der Waals surface area contributed by atoms with E-state index in [0.29, 0.717) is 12.2 Å². The summed E-state index contributed by atoms with van der Waals surface area (Å²) in [4.78, 5) is 12.4. The van der Waals surface area contributed by atoms with Crippen molar-refractivity contribution in [3.63, 3.8) is 0 Å². The highest BCUT2D eigenvalue weighted by Gasteiger charge is 2.06. The molecule has 0 saturated heterocycles. The van der Waals surface area contributed by atoms with Crippen molar-refractivity contribution < 1.29 is 9.53 Å². The van der Waals surface area contributed by atoms with Gasteiger partial charge in [0.2, 0.25) is 0 Å². The van der Waals surface area contributed by atoms with Gasteiger partial charge in [-0.15, -0.1) is 12.6 Å². The van der Waals surface area contributed by atoms with Gasteiger partial charge in [0.15, 0.2) is 0 Å². The molecule has 0 amide bonds. The van der Waals surface area contributed by atoms with Crippen LogP contribution in [-0.4, -0.2) is 12.6 Å². The quantitative estimate of drug-likeness (QED) is 0.449. The summed E-state index contributed by atoms with van der Waals surface area (Å²) in [6.45, 7) is 2.70. The summed E-state index contributed by atoms with van der Waals surface area (Å²) in [6.07, 6.45) is 5.80. The molecule has 0 N–H and O–H groups in total. The van der Waals surface area contributed by atoms with E-state index in [-0.39, 0.29) is 5.97 Å². The van der Waals surface area contributed by atoms with Crippen LogP contribution < -0.4 is 0 Å². The highest BCUT2D eigenvalue weighted by Crippen LogP contribution is 2.10. The summed E-state index contributed by atoms with van der Waals surface area (Å²) in [5, 5.41) is 0. The fourth-order valence-electron chi connectivity index (χ4n) is 1.59. The van der Waals surface area contributed by atoms with E-state index >= 15 is 0 Å². The molecule has 0 radical (unpaired) electrons. The van der Waals surface area contributed by atoms with E-state index in [1.807, 2.05) is 6.07 Å². The van der Waals surface area contributed by atoms with Crippen LogP contribution >= 0.6 is 12.6 Å². The molecular formula is C14H20O2S. The Bertz CT molecular complexity index is 350. The van der Waals surface area contributed by atoms with Gasteiger partial charge in [-0.2, -0.15) is 0 Å². The molecule has 0 bridgehead atoms. The van der Waals surface area contributed by atoms with Gasteiger partial charge in [0, 0.05) is 4.90 Å². The molecule has 2 nitrogen and oxygen atoms in total. The zero-order valence-corrected chi connectivity index (χ0v) is 11.2. The minimum atomic E-state index is -0.253. The summed E-state index contributed by atoms with van der Waals surface area (Å²) >= 11 is 4.19. The minimum absolute atomic E-state index is 0.253. The van der Waals surface area contributed by atoms with Crippen molar-refractivity contribution >= 4 is 18.6 Å². The minimum Gasteiger partial charge on any atom is -0.462 e. The molecular weight excluding hydrogens is 232 g/mol. The molecule has 0 heterocycles. The number of carbonyl (C=O) groups is 1. The first kappa shape index (κ1) is 14.1. The topological polar surface area (TPSA) is 26.3 Å². The van der Waals surface area contributed by atoms with Crippen molar-refractivity contribution in [2.45, 2.75) is 43.9 Å². The average Bonchev–Trinajstić information content (AvgIpc) is 2.33. The SMILES string of the molecule is CCCCCCCOC(=O)c1cccc(S)c1. The summed E-state index contributed by atoms with van der Waals surface area (Å²) < 4.78 is 5.19. The smallest absolute Gasteiger partial charge is 0.338 e. The lowest BCUT2D eigenvalue weighted by Gasteiger charge is -2.05. The second-order valence-electron chi connectivity index (χ2n) is 4.10. The molecule has 0 aliphatic rings. The third-order valence-corrected chi connectivity index (χ3v) is 2.84. The molecule has 0 fully saturated rings. The van der Waals surface area contributed by atoms with Crippen molar-refractivity contribution in [1.82, 2.24) is 0 Å². The molecule has 0 spiro atoms. The average molecular weight is 252 g/mol. The van der Waals surface area contributed by atoms with Crippen LogP contribution in [0.25, 0.3) is 0 Å². The first-order valence-corrected chi connectivity index (χ1v) is 6.65. The van der Waals surface area contributed by atoms with Crippen LogP contribution in [0.3, 0.4) is 0 Å². The number of hydrogen-bond acceptors (Lipinski definition) is 3. The fraction of sp³-hybridized carbons (Fsp3) is 0.500. The van der Waals surface area contributed by atoms with Crippen LogP contribution in [0.2, 0.25) is 0 Å². The monoisotopic (exact) mass is 252 g/mol. The largest absolute Gasteiger partial charge is 0.462 e. The van der Waals surface area contributed by atoms with Gasteiger partial charge >= 0.3 is 5.97 Å². The molecule has 3 heteroatoms. The Morgan fingerprint density at radius 2 is 2.00 bits per heavy atom. The van der Waals surface area contributed by atoms with Gasteiger partial charge in [0.05, 0.1) is 12.2 Å². The Hall–Kier alpha value is -0.960. The van der Waals surface area contributed by atoms with E-state index in [4.69, 9.17) is 4.74 Å². The summed E-state index contributed by atoms with van der Waals surface area (Å²) in [5.74, 6) is -0.253. The molecule has 0 aromatic heterocycles. The van der Waals surface area contributed by atoms with Gasteiger partial charge < -0.3 is 4.74 Å². The lowest BCUT2D eigenvalue weighted by Crippen LogP contribution is -2.06. The number of ether oxygens (including phenoxy) is 1. The summed E-state index contributed by atoms with van der Waals surface area (Å²) in [5.41, 5.74) is 0.575. The van der Waals surface area contributed by atoms with Crippen LogP contribution in [0.15, 0.2) is 29.2 Å². The number of benzene rings is 1. The van der Waals surface area contributed by atoms with Crippen molar-refractivity contribution in [3.05, 3.63) is 29.8 Å². The van der Waals surface area contributed by atoms with Crippen LogP contribution in [0, 0.1) is 0 Å². The molecule has 1 aromatic carbocycles. The van der Waals surface area contributed by atoms with Gasteiger partial charge in [-0.25, -0.2) is 4.79 Å². The van der Waals surface area contributed by atoms with E-state index in [1.165, 1.54) is 19.3 Å². The molecule has 1 rings (SSSR count). The lowest BCUT2D eigenvalue weighted by molar-refractivity contribution is 0.0497. The van der Waals surface area contributed by atoms with E-state index in [0.717, 1.165) is 17.7 Å². The summed E-state index contributed by atoms with van der Waals surface area (Å²) in [6, 6.07) is 7.12. The molecule has 0 atom stereocenters. The number of thiol groups is 1. The Labute approximate surface area is 109 Å². The predicted octanol–water partition coefficient (Wildman–Crippen LogP) is 4.10.